The van der Waals surface area contributed by atoms with Crippen molar-refractivity contribution in [3.8, 4) is 0 Å². The molecule has 5 heteroatoms. The van der Waals surface area contributed by atoms with E-state index in [1.807, 2.05) is 34.6 Å². The molecule has 1 aliphatic heterocycles. The molecule has 3 atom stereocenters. The van der Waals surface area contributed by atoms with Crippen LogP contribution in [0.2, 0.25) is 0 Å². The maximum atomic E-state index is 12.5. The Morgan fingerprint density at radius 3 is 2.37 bits per heavy atom. The molecule has 1 heterocycles. The van der Waals surface area contributed by atoms with Gasteiger partial charge in [0.1, 0.15) is 12.1 Å². The molecule has 0 aliphatic carbocycles. The monoisotopic (exact) mass is 270 g/mol. The van der Waals surface area contributed by atoms with E-state index >= 15 is 0 Å². The Morgan fingerprint density at radius 2 is 1.89 bits per heavy atom. The Morgan fingerprint density at radius 1 is 1.26 bits per heavy atom. The second-order valence-electron chi connectivity index (χ2n) is 5.41. The highest BCUT2D eigenvalue weighted by atomic mass is 16.5. The molecule has 0 aromatic rings. The van der Waals surface area contributed by atoms with Crippen molar-refractivity contribution in [2.45, 2.75) is 59.2 Å². The number of nitrogens with one attached hydrogen (secondary N) is 1. The smallest absolute Gasteiger partial charge is 0.246 e. The van der Waals surface area contributed by atoms with Gasteiger partial charge in [-0.15, -0.1) is 0 Å². The minimum atomic E-state index is -0.397. The molecule has 1 saturated heterocycles. The largest absolute Gasteiger partial charge is 0.380 e. The van der Waals surface area contributed by atoms with Gasteiger partial charge >= 0.3 is 0 Å². The first-order valence-corrected chi connectivity index (χ1v) is 7.14. The number of piperazine rings is 1. The van der Waals surface area contributed by atoms with Crippen LogP contribution in [0.3, 0.4) is 0 Å². The van der Waals surface area contributed by atoms with Crippen molar-refractivity contribution in [3.63, 3.8) is 0 Å². The van der Waals surface area contributed by atoms with Gasteiger partial charge in [0.15, 0.2) is 0 Å². The number of hydrogen-bond acceptors (Lipinski definition) is 3. The molecule has 1 fully saturated rings. The van der Waals surface area contributed by atoms with Crippen LogP contribution in [0.25, 0.3) is 0 Å². The molecule has 2 amide bonds. The minimum absolute atomic E-state index is 0.00741. The van der Waals surface area contributed by atoms with Crippen molar-refractivity contribution >= 4 is 11.8 Å². The quantitative estimate of drug-likeness (QED) is 0.788. The Labute approximate surface area is 115 Å². The lowest BCUT2D eigenvalue weighted by molar-refractivity contribution is -0.155. The summed E-state index contributed by atoms with van der Waals surface area (Å²) in [6.07, 6.45) is 0.618. The maximum Gasteiger partial charge on any atom is 0.246 e. The molecule has 0 radical (unpaired) electrons. The Balaban J connectivity index is 2.95. The van der Waals surface area contributed by atoms with Crippen molar-refractivity contribution in [3.05, 3.63) is 0 Å². The second-order valence-corrected chi connectivity index (χ2v) is 5.41. The van der Waals surface area contributed by atoms with Gasteiger partial charge < -0.3 is 15.0 Å². The molecule has 0 saturated carbocycles. The van der Waals surface area contributed by atoms with E-state index in [1.54, 1.807) is 4.90 Å². The van der Waals surface area contributed by atoms with Gasteiger partial charge in [0.05, 0.1) is 12.6 Å². The van der Waals surface area contributed by atoms with Crippen molar-refractivity contribution in [1.29, 1.82) is 0 Å². The van der Waals surface area contributed by atoms with Crippen LogP contribution in [-0.4, -0.2) is 48.1 Å². The van der Waals surface area contributed by atoms with Crippen LogP contribution >= 0.6 is 0 Å². The van der Waals surface area contributed by atoms with Gasteiger partial charge in [-0.2, -0.15) is 0 Å². The van der Waals surface area contributed by atoms with Gasteiger partial charge in [0.2, 0.25) is 11.8 Å². The van der Waals surface area contributed by atoms with E-state index in [2.05, 4.69) is 5.32 Å². The van der Waals surface area contributed by atoms with Crippen LogP contribution in [0.1, 0.15) is 41.0 Å². The number of amides is 2. The first-order chi connectivity index (χ1) is 8.93. The summed E-state index contributed by atoms with van der Waals surface area (Å²) < 4.78 is 5.40. The highest BCUT2D eigenvalue weighted by Gasteiger charge is 2.43. The van der Waals surface area contributed by atoms with Crippen molar-refractivity contribution in [1.82, 2.24) is 10.2 Å². The first-order valence-electron chi connectivity index (χ1n) is 7.14. The standard InChI is InChI=1S/C14H26N2O3/c1-6-11-14(18)16(10(5)8-19-7-2)12(9(3)4)13(17)15-11/h9-12H,6-8H2,1-5H3,(H,15,17). The van der Waals surface area contributed by atoms with Crippen LogP contribution in [0.5, 0.6) is 0 Å². The van der Waals surface area contributed by atoms with Crippen LogP contribution < -0.4 is 5.32 Å². The van der Waals surface area contributed by atoms with Crippen LogP contribution in [0.4, 0.5) is 0 Å². The van der Waals surface area contributed by atoms with Crippen molar-refractivity contribution in [2.24, 2.45) is 5.92 Å². The maximum absolute atomic E-state index is 12.5. The van der Waals surface area contributed by atoms with Gasteiger partial charge in [0.25, 0.3) is 0 Å². The Hall–Kier alpha value is -1.10. The fraction of sp³-hybridized carbons (Fsp3) is 0.857. The fourth-order valence-electron chi connectivity index (χ4n) is 2.52. The summed E-state index contributed by atoms with van der Waals surface area (Å²) in [6.45, 7) is 10.8. The van der Waals surface area contributed by atoms with Crippen LogP contribution in [0, 0.1) is 5.92 Å². The topological polar surface area (TPSA) is 58.6 Å². The normalized spacial score (nSPS) is 25.7. The number of ether oxygens (including phenoxy) is 1. The lowest BCUT2D eigenvalue weighted by Crippen LogP contribution is -2.67. The number of nitrogens with zero attached hydrogens (tertiary/aromatic N) is 1. The van der Waals surface area contributed by atoms with E-state index in [0.29, 0.717) is 19.6 Å². The molecule has 19 heavy (non-hydrogen) atoms. The molecular weight excluding hydrogens is 244 g/mol. The third-order valence-corrected chi connectivity index (χ3v) is 3.52. The third-order valence-electron chi connectivity index (χ3n) is 3.52. The third kappa shape index (κ3) is 3.47. The zero-order valence-corrected chi connectivity index (χ0v) is 12.6. The van der Waals surface area contributed by atoms with Crippen molar-refractivity contribution in [2.75, 3.05) is 13.2 Å². The molecule has 5 nitrogen and oxygen atoms in total. The molecule has 1 N–H and O–H groups in total. The number of carbonyl (C=O) groups is 2. The molecule has 3 unspecified atom stereocenters. The van der Waals surface area contributed by atoms with E-state index in [9.17, 15) is 9.59 Å². The van der Waals surface area contributed by atoms with E-state index in [-0.39, 0.29) is 23.8 Å². The molecule has 0 bridgehead atoms. The number of carbonyl (C=O) groups excluding carboxylic acids is 2. The molecule has 1 rings (SSSR count). The van der Waals surface area contributed by atoms with Crippen LogP contribution in [-0.2, 0) is 14.3 Å². The molecule has 0 aromatic heterocycles. The average molecular weight is 270 g/mol. The van der Waals surface area contributed by atoms with E-state index in [4.69, 9.17) is 4.74 Å². The Kier molecular flexibility index (Phi) is 5.79. The zero-order chi connectivity index (χ0) is 14.6. The van der Waals surface area contributed by atoms with Gasteiger partial charge in [-0.05, 0) is 26.2 Å². The summed E-state index contributed by atoms with van der Waals surface area (Å²) in [7, 11) is 0. The lowest BCUT2D eigenvalue weighted by Gasteiger charge is -2.43. The summed E-state index contributed by atoms with van der Waals surface area (Å²) in [4.78, 5) is 26.4. The Bertz CT molecular complexity index is 331. The van der Waals surface area contributed by atoms with E-state index < -0.39 is 12.1 Å². The SMILES string of the molecule is CCOCC(C)N1C(=O)C(CC)NC(=O)C1C(C)C. The van der Waals surface area contributed by atoms with Gasteiger partial charge in [-0.1, -0.05) is 20.8 Å². The second kappa shape index (κ2) is 6.89. The first kappa shape index (κ1) is 16.0. The summed E-state index contributed by atoms with van der Waals surface area (Å²) in [5.41, 5.74) is 0. The van der Waals surface area contributed by atoms with E-state index in [1.165, 1.54) is 0 Å². The molecule has 1 aliphatic rings. The minimum Gasteiger partial charge on any atom is -0.380 e. The van der Waals surface area contributed by atoms with Crippen LogP contribution in [0.15, 0.2) is 0 Å². The molecule has 0 aromatic carbocycles. The van der Waals surface area contributed by atoms with Crippen molar-refractivity contribution < 1.29 is 14.3 Å². The highest BCUT2D eigenvalue weighted by Crippen LogP contribution is 2.21. The predicted octanol–water partition coefficient (Wildman–Crippen LogP) is 1.17. The summed E-state index contributed by atoms with van der Waals surface area (Å²) in [6, 6.07) is -0.878. The molecule has 110 valence electrons. The molecule has 0 spiro atoms. The number of rotatable bonds is 6. The van der Waals surface area contributed by atoms with Gasteiger partial charge in [-0.25, -0.2) is 0 Å². The molecular formula is C14H26N2O3. The summed E-state index contributed by atoms with van der Waals surface area (Å²) in [5.74, 6) is 0.0450. The lowest BCUT2D eigenvalue weighted by atomic mass is 9.94. The predicted molar refractivity (Wildman–Crippen MR) is 73.6 cm³/mol. The van der Waals surface area contributed by atoms with Gasteiger partial charge in [-0.3, -0.25) is 9.59 Å². The fourth-order valence-corrected chi connectivity index (χ4v) is 2.52. The van der Waals surface area contributed by atoms with Gasteiger partial charge in [0, 0.05) is 6.61 Å². The zero-order valence-electron chi connectivity index (χ0n) is 12.6. The summed E-state index contributed by atoms with van der Waals surface area (Å²) in [5, 5.41) is 2.82. The highest BCUT2D eigenvalue weighted by molar-refractivity contribution is 5.97. The summed E-state index contributed by atoms with van der Waals surface area (Å²) >= 11 is 0. The van der Waals surface area contributed by atoms with E-state index in [0.717, 1.165) is 0 Å². The average Bonchev–Trinajstić information content (AvgIpc) is 2.37. The number of hydrogen-bond donors (Lipinski definition) is 1.